The van der Waals surface area contributed by atoms with Gasteiger partial charge >= 0.3 is 0 Å². The summed E-state index contributed by atoms with van der Waals surface area (Å²) in [5, 5.41) is 13.7. The van der Waals surface area contributed by atoms with Crippen LogP contribution >= 0.6 is 0 Å². The van der Waals surface area contributed by atoms with Crippen LogP contribution < -0.4 is 21.5 Å². The molecule has 2 aromatic heterocycles. The number of nitrogens with zero attached hydrogens (tertiary/aromatic N) is 2. The van der Waals surface area contributed by atoms with Crippen molar-refractivity contribution < 1.29 is 23.4 Å². The number of ether oxygens (including phenoxy) is 1. The van der Waals surface area contributed by atoms with E-state index in [0.717, 1.165) is 12.8 Å². The van der Waals surface area contributed by atoms with Gasteiger partial charge in [-0.05, 0) is 46.7 Å². The molecule has 0 spiro atoms. The second kappa shape index (κ2) is 7.33. The maximum atomic E-state index is 14.5. The number of benzene rings is 1. The van der Waals surface area contributed by atoms with Gasteiger partial charge in [0.25, 0.3) is 5.91 Å². The van der Waals surface area contributed by atoms with Crippen molar-refractivity contribution in [2.75, 3.05) is 19.4 Å². The van der Waals surface area contributed by atoms with Crippen molar-refractivity contribution in [3.05, 3.63) is 40.0 Å². The second-order valence-electron chi connectivity index (χ2n) is 8.34. The van der Waals surface area contributed by atoms with Crippen LogP contribution in [-0.2, 0) is 0 Å². The molecule has 4 rings (SSSR count). The molecule has 2 heterocycles. The number of aromatic nitrogens is 2. The fourth-order valence-electron chi connectivity index (χ4n) is 4.03. The third-order valence-corrected chi connectivity index (χ3v) is 6.26. The molecular formula is C22H25F2N5O3. The smallest absolute Gasteiger partial charge is 0.253 e. The first-order valence-corrected chi connectivity index (χ1v) is 10.1. The van der Waals surface area contributed by atoms with E-state index < -0.39 is 23.3 Å². The van der Waals surface area contributed by atoms with Crippen LogP contribution in [0.4, 0.5) is 14.6 Å². The van der Waals surface area contributed by atoms with Crippen molar-refractivity contribution in [3.63, 3.8) is 0 Å². The quantitative estimate of drug-likeness (QED) is 0.462. The number of carbonyl (C=O) groups is 1. The molecule has 6 N–H and O–H groups in total. The highest BCUT2D eigenvalue weighted by Crippen LogP contribution is 2.40. The van der Waals surface area contributed by atoms with Crippen LogP contribution in [0.25, 0.3) is 16.7 Å². The number of fused-ring (bicyclic) bond motifs is 1. The fraction of sp³-hybridized carbons (Fsp3) is 0.364. The van der Waals surface area contributed by atoms with Gasteiger partial charge in [-0.2, -0.15) is 9.37 Å². The van der Waals surface area contributed by atoms with Crippen LogP contribution in [-0.4, -0.2) is 39.8 Å². The van der Waals surface area contributed by atoms with Crippen molar-refractivity contribution in [2.24, 2.45) is 5.73 Å². The molecule has 0 bridgehead atoms. The number of hydrogen-bond donors (Lipinski definition) is 4. The van der Waals surface area contributed by atoms with Gasteiger partial charge in [0.1, 0.15) is 12.4 Å². The lowest BCUT2D eigenvalue weighted by Crippen LogP contribution is -2.34. The summed E-state index contributed by atoms with van der Waals surface area (Å²) in [5.41, 5.74) is 12.6. The van der Waals surface area contributed by atoms with Crippen LogP contribution in [0.5, 0.6) is 11.6 Å². The summed E-state index contributed by atoms with van der Waals surface area (Å²) in [7, 11) is 1.87. The lowest BCUT2D eigenvalue weighted by Gasteiger charge is -2.18. The molecule has 1 aromatic carbocycles. The van der Waals surface area contributed by atoms with Crippen molar-refractivity contribution in [3.8, 4) is 17.3 Å². The summed E-state index contributed by atoms with van der Waals surface area (Å²) < 4.78 is 35.9. The number of anilines is 1. The number of nitrogens with one attached hydrogen (secondary N) is 1. The number of rotatable bonds is 6. The first-order chi connectivity index (χ1) is 15.0. The average Bonchev–Trinajstić information content (AvgIpc) is 3.48. The Morgan fingerprint density at radius 3 is 2.50 bits per heavy atom. The van der Waals surface area contributed by atoms with Crippen LogP contribution in [0.2, 0.25) is 0 Å². The number of amides is 1. The first-order valence-electron chi connectivity index (χ1n) is 10.1. The van der Waals surface area contributed by atoms with Gasteiger partial charge in [-0.25, -0.2) is 4.39 Å². The second-order valence-corrected chi connectivity index (χ2v) is 8.34. The maximum absolute atomic E-state index is 14.5. The topological polar surface area (TPSA) is 128 Å². The van der Waals surface area contributed by atoms with Crippen molar-refractivity contribution >= 4 is 22.8 Å². The zero-order chi connectivity index (χ0) is 23.5. The van der Waals surface area contributed by atoms with E-state index in [0.29, 0.717) is 23.4 Å². The predicted octanol–water partition coefficient (Wildman–Crippen LogP) is 2.75. The number of primary amides is 1. The van der Waals surface area contributed by atoms with Gasteiger partial charge in [-0.3, -0.25) is 9.36 Å². The molecule has 32 heavy (non-hydrogen) atoms. The molecule has 0 unspecified atom stereocenters. The molecule has 1 aliphatic carbocycles. The highest BCUT2D eigenvalue weighted by molar-refractivity contribution is 6.11. The molecule has 0 atom stereocenters. The van der Waals surface area contributed by atoms with Crippen LogP contribution in [0.15, 0.2) is 6.07 Å². The van der Waals surface area contributed by atoms with Crippen LogP contribution in [0.1, 0.15) is 39.9 Å². The molecule has 0 saturated heterocycles. The van der Waals surface area contributed by atoms with E-state index in [-0.39, 0.29) is 39.4 Å². The fourth-order valence-corrected chi connectivity index (χ4v) is 4.03. The lowest BCUT2D eigenvalue weighted by molar-refractivity contribution is 0.100. The molecule has 1 saturated carbocycles. The number of aromatic hydroxyl groups is 1. The summed E-state index contributed by atoms with van der Waals surface area (Å²) in [4.78, 5) is 16.8. The number of halogens is 2. The van der Waals surface area contributed by atoms with Gasteiger partial charge in [0.15, 0.2) is 17.2 Å². The number of carbonyl (C=O) groups excluding carboxylic acids is 1. The zero-order valence-electron chi connectivity index (χ0n) is 18.3. The largest absolute Gasteiger partial charge is 0.505 e. The molecule has 3 aromatic rings. The van der Waals surface area contributed by atoms with E-state index >= 15 is 0 Å². The Hall–Kier alpha value is -3.40. The summed E-state index contributed by atoms with van der Waals surface area (Å²) in [6.07, 6.45) is 1.96. The molecule has 1 amide bonds. The number of phenols is 1. The van der Waals surface area contributed by atoms with Gasteiger partial charge in [0, 0.05) is 22.1 Å². The highest BCUT2D eigenvalue weighted by Gasteiger charge is 2.42. The van der Waals surface area contributed by atoms with Gasteiger partial charge in [-0.15, -0.1) is 0 Å². The van der Waals surface area contributed by atoms with Crippen LogP contribution in [0, 0.1) is 32.4 Å². The number of aryl methyl sites for hydroxylation is 1. The minimum absolute atomic E-state index is 0.000869. The number of nitrogen functional groups attached to an aromatic ring is 1. The number of phenolic OH excluding ortho intramolecular Hbond substituents is 1. The van der Waals surface area contributed by atoms with Crippen molar-refractivity contribution in [1.29, 1.82) is 0 Å². The molecule has 1 aliphatic rings. The maximum Gasteiger partial charge on any atom is 0.253 e. The van der Waals surface area contributed by atoms with E-state index in [1.807, 2.05) is 7.05 Å². The molecule has 10 heteroatoms. The molecular weight excluding hydrogens is 420 g/mol. The highest BCUT2D eigenvalue weighted by atomic mass is 19.2. The van der Waals surface area contributed by atoms with Gasteiger partial charge in [-0.1, -0.05) is 0 Å². The SMILES string of the molecule is CNC1(COc2nc3c(cc2C)c(C(N)=O)c(N)n3-c2c(C)c(O)c(F)c(F)c2C)CC1. The predicted molar refractivity (Wildman–Crippen MR) is 116 cm³/mol. The number of likely N-dealkylation sites (N-methyl/N-ethyl adjacent to an activating group) is 1. The monoisotopic (exact) mass is 445 g/mol. The van der Waals surface area contributed by atoms with Crippen LogP contribution in [0.3, 0.4) is 0 Å². The third-order valence-electron chi connectivity index (χ3n) is 6.26. The molecule has 8 nitrogen and oxygen atoms in total. The van der Waals surface area contributed by atoms with E-state index in [2.05, 4.69) is 10.3 Å². The van der Waals surface area contributed by atoms with Crippen molar-refractivity contribution in [1.82, 2.24) is 14.9 Å². The minimum atomic E-state index is -1.36. The Bertz CT molecular complexity index is 1250. The lowest BCUT2D eigenvalue weighted by atomic mass is 10.1. The van der Waals surface area contributed by atoms with E-state index in [1.165, 1.54) is 18.4 Å². The number of hydrogen-bond acceptors (Lipinski definition) is 6. The zero-order valence-corrected chi connectivity index (χ0v) is 18.3. The minimum Gasteiger partial charge on any atom is -0.505 e. The summed E-state index contributed by atoms with van der Waals surface area (Å²) in [6, 6.07) is 1.67. The summed E-state index contributed by atoms with van der Waals surface area (Å²) in [6.45, 7) is 4.94. The Kier molecular flexibility index (Phi) is 5.00. The first kappa shape index (κ1) is 21.8. The van der Waals surface area contributed by atoms with Gasteiger partial charge in [0.2, 0.25) is 11.7 Å². The molecule has 0 radical (unpaired) electrons. The Morgan fingerprint density at radius 1 is 1.28 bits per heavy atom. The third kappa shape index (κ3) is 3.13. The molecule has 170 valence electrons. The average molecular weight is 445 g/mol. The van der Waals surface area contributed by atoms with E-state index in [9.17, 15) is 18.7 Å². The Labute approximate surface area is 183 Å². The van der Waals surface area contributed by atoms with E-state index in [1.54, 1.807) is 13.0 Å². The van der Waals surface area contributed by atoms with Gasteiger partial charge < -0.3 is 26.6 Å². The summed E-state index contributed by atoms with van der Waals surface area (Å²) >= 11 is 0. The van der Waals surface area contributed by atoms with Crippen molar-refractivity contribution in [2.45, 2.75) is 39.2 Å². The Balaban J connectivity index is 2.00. The normalized spacial score (nSPS) is 14.7. The molecule has 0 aliphatic heterocycles. The van der Waals surface area contributed by atoms with Gasteiger partial charge in [0.05, 0.1) is 16.8 Å². The molecule has 1 fully saturated rings. The standard InChI is InChI=1S/C22H25F2N5O3/c1-9-7-12-13(19(26)31)18(25)29(16-10(2)14(23)15(24)17(30)11(16)3)20(12)28-21(9)32-8-22(27-4)5-6-22/h7,27,30H,5-6,8,25H2,1-4H3,(H2,26,31). The summed E-state index contributed by atoms with van der Waals surface area (Å²) in [5.74, 6) is -4.01. The number of nitrogens with two attached hydrogens (primary N) is 2. The Morgan fingerprint density at radius 2 is 1.94 bits per heavy atom. The van der Waals surface area contributed by atoms with E-state index in [4.69, 9.17) is 16.2 Å². The number of pyridine rings is 1.